The Labute approximate surface area is 155 Å². The molecule has 0 bridgehead atoms. The van der Waals surface area contributed by atoms with E-state index in [0.717, 1.165) is 62.4 Å². The maximum atomic E-state index is 11.4. The van der Waals surface area contributed by atoms with Gasteiger partial charge >= 0.3 is 0 Å². The van der Waals surface area contributed by atoms with Crippen LogP contribution in [0.2, 0.25) is 5.02 Å². The fourth-order valence-electron chi connectivity index (χ4n) is 2.72. The summed E-state index contributed by atoms with van der Waals surface area (Å²) in [5.74, 6) is 0.987. The molecule has 0 aliphatic carbocycles. The zero-order valence-electron chi connectivity index (χ0n) is 15.1. The molecule has 138 valence electrons. The van der Waals surface area contributed by atoms with Crippen molar-refractivity contribution in [1.29, 1.82) is 0 Å². The topological polar surface area (TPSA) is 60.0 Å². The molecule has 0 spiro atoms. The average Bonchev–Trinajstić information content (AvgIpc) is 2.61. The number of guanidine groups is 1. The van der Waals surface area contributed by atoms with Crippen LogP contribution in [0.3, 0.4) is 0 Å². The highest BCUT2D eigenvalue weighted by Crippen LogP contribution is 2.10. The number of carbonyl (C=O) groups is 1. The minimum atomic E-state index is 0.168. The zero-order chi connectivity index (χ0) is 18.1. The summed E-state index contributed by atoms with van der Waals surface area (Å²) in [6.45, 7) is 10.4. The van der Waals surface area contributed by atoms with Crippen LogP contribution in [0, 0.1) is 0 Å². The molecule has 2 rings (SSSR count). The van der Waals surface area contributed by atoms with Gasteiger partial charge in [0.15, 0.2) is 5.96 Å². The molecule has 1 fully saturated rings. The molecule has 1 aliphatic rings. The fourth-order valence-corrected chi connectivity index (χ4v) is 2.85. The van der Waals surface area contributed by atoms with Crippen LogP contribution >= 0.6 is 11.6 Å². The van der Waals surface area contributed by atoms with Crippen molar-refractivity contribution in [1.82, 2.24) is 20.4 Å². The van der Waals surface area contributed by atoms with E-state index in [2.05, 4.69) is 27.4 Å². The number of carbonyl (C=O) groups excluding carboxylic acids is 1. The smallest absolute Gasteiger partial charge is 0.219 e. The van der Waals surface area contributed by atoms with E-state index >= 15 is 0 Å². The molecule has 25 heavy (non-hydrogen) atoms. The molecular weight excluding hydrogens is 338 g/mol. The van der Waals surface area contributed by atoms with E-state index < -0.39 is 0 Å². The summed E-state index contributed by atoms with van der Waals surface area (Å²) in [5.41, 5.74) is 1.13. The second-order valence-electron chi connectivity index (χ2n) is 6.10. The molecular formula is C18H28ClN5O. The van der Waals surface area contributed by atoms with E-state index in [1.807, 2.05) is 29.2 Å². The predicted octanol–water partition coefficient (Wildman–Crippen LogP) is 1.56. The summed E-state index contributed by atoms with van der Waals surface area (Å²) in [7, 11) is 0. The van der Waals surface area contributed by atoms with Crippen LogP contribution in [0.5, 0.6) is 0 Å². The third-order valence-corrected chi connectivity index (χ3v) is 4.47. The van der Waals surface area contributed by atoms with Gasteiger partial charge in [-0.05, 0) is 24.6 Å². The van der Waals surface area contributed by atoms with Crippen LogP contribution in [0.25, 0.3) is 0 Å². The Balaban J connectivity index is 1.74. The van der Waals surface area contributed by atoms with Gasteiger partial charge in [0.05, 0.1) is 6.54 Å². The zero-order valence-corrected chi connectivity index (χ0v) is 15.9. The minimum absolute atomic E-state index is 0.168. The molecule has 6 nitrogen and oxygen atoms in total. The van der Waals surface area contributed by atoms with Crippen LogP contribution in [-0.4, -0.2) is 67.5 Å². The standard InChI is InChI=1S/C18H28ClN5O/c1-3-20-18(22-14-16-4-6-17(19)7-5-16)21-8-9-23-10-12-24(13-11-23)15(2)25/h4-7H,3,8-14H2,1-2H3,(H2,20,21,22). The second-order valence-corrected chi connectivity index (χ2v) is 6.53. The Morgan fingerprint density at radius 3 is 2.44 bits per heavy atom. The molecule has 1 heterocycles. The van der Waals surface area contributed by atoms with Crippen molar-refractivity contribution in [2.45, 2.75) is 20.4 Å². The van der Waals surface area contributed by atoms with Crippen LogP contribution in [0.15, 0.2) is 29.3 Å². The number of amides is 1. The lowest BCUT2D eigenvalue weighted by atomic mass is 10.2. The van der Waals surface area contributed by atoms with Crippen molar-refractivity contribution in [3.8, 4) is 0 Å². The first-order valence-corrected chi connectivity index (χ1v) is 9.20. The van der Waals surface area contributed by atoms with Gasteiger partial charge in [-0.1, -0.05) is 23.7 Å². The van der Waals surface area contributed by atoms with Gasteiger partial charge < -0.3 is 15.5 Å². The minimum Gasteiger partial charge on any atom is -0.357 e. The van der Waals surface area contributed by atoms with Crippen molar-refractivity contribution >= 4 is 23.5 Å². The van der Waals surface area contributed by atoms with Crippen molar-refractivity contribution < 1.29 is 4.79 Å². The largest absolute Gasteiger partial charge is 0.357 e. The highest BCUT2D eigenvalue weighted by molar-refractivity contribution is 6.30. The van der Waals surface area contributed by atoms with E-state index in [9.17, 15) is 4.79 Å². The van der Waals surface area contributed by atoms with Gasteiger partial charge in [0.25, 0.3) is 0 Å². The highest BCUT2D eigenvalue weighted by atomic mass is 35.5. The molecule has 7 heteroatoms. The predicted molar refractivity (Wildman–Crippen MR) is 103 cm³/mol. The molecule has 0 aromatic heterocycles. The lowest BCUT2D eigenvalue weighted by Gasteiger charge is -2.34. The number of nitrogens with zero attached hydrogens (tertiary/aromatic N) is 3. The van der Waals surface area contributed by atoms with Crippen LogP contribution < -0.4 is 10.6 Å². The molecule has 1 saturated heterocycles. The number of halogens is 1. The number of aliphatic imine (C=N–C) groups is 1. The van der Waals surface area contributed by atoms with Crippen molar-refractivity contribution in [3.05, 3.63) is 34.9 Å². The molecule has 1 aromatic carbocycles. The molecule has 2 N–H and O–H groups in total. The van der Waals surface area contributed by atoms with E-state index in [0.29, 0.717) is 6.54 Å². The van der Waals surface area contributed by atoms with Crippen LogP contribution in [-0.2, 0) is 11.3 Å². The number of hydrogen-bond acceptors (Lipinski definition) is 3. The van der Waals surface area contributed by atoms with Crippen LogP contribution in [0.4, 0.5) is 0 Å². The molecule has 1 aliphatic heterocycles. The number of nitrogens with one attached hydrogen (secondary N) is 2. The molecule has 1 aromatic rings. The Bertz CT molecular complexity index is 567. The summed E-state index contributed by atoms with van der Waals surface area (Å²) in [5, 5.41) is 7.38. The van der Waals surface area contributed by atoms with E-state index in [4.69, 9.17) is 11.6 Å². The van der Waals surface area contributed by atoms with Gasteiger partial charge in [-0.2, -0.15) is 0 Å². The Morgan fingerprint density at radius 2 is 1.84 bits per heavy atom. The first-order chi connectivity index (χ1) is 12.1. The van der Waals surface area contributed by atoms with Crippen molar-refractivity contribution in [3.63, 3.8) is 0 Å². The maximum absolute atomic E-state index is 11.4. The summed E-state index contributed by atoms with van der Waals surface area (Å²) >= 11 is 5.91. The van der Waals surface area contributed by atoms with Crippen molar-refractivity contribution in [2.24, 2.45) is 4.99 Å². The van der Waals surface area contributed by atoms with E-state index in [1.54, 1.807) is 6.92 Å². The number of piperazine rings is 1. The maximum Gasteiger partial charge on any atom is 0.219 e. The third kappa shape index (κ3) is 6.92. The lowest BCUT2D eigenvalue weighted by molar-refractivity contribution is -0.130. The van der Waals surface area contributed by atoms with Crippen molar-refractivity contribution in [2.75, 3.05) is 45.8 Å². The Morgan fingerprint density at radius 1 is 1.16 bits per heavy atom. The van der Waals surface area contributed by atoms with Crippen LogP contribution in [0.1, 0.15) is 19.4 Å². The summed E-state index contributed by atoms with van der Waals surface area (Å²) in [6.07, 6.45) is 0. The van der Waals surface area contributed by atoms with Gasteiger partial charge in [0.1, 0.15) is 0 Å². The Kier molecular flexibility index (Phi) is 8.01. The quantitative estimate of drug-likeness (QED) is 0.593. The molecule has 0 atom stereocenters. The number of benzene rings is 1. The van der Waals surface area contributed by atoms with Gasteiger partial charge in [0, 0.05) is 57.8 Å². The van der Waals surface area contributed by atoms with Gasteiger partial charge in [0.2, 0.25) is 5.91 Å². The first-order valence-electron chi connectivity index (χ1n) is 8.83. The lowest BCUT2D eigenvalue weighted by Crippen LogP contribution is -2.50. The van der Waals surface area contributed by atoms with Gasteiger partial charge in [-0.15, -0.1) is 0 Å². The first kappa shape index (κ1) is 19.5. The molecule has 0 unspecified atom stereocenters. The third-order valence-electron chi connectivity index (χ3n) is 4.22. The summed E-state index contributed by atoms with van der Waals surface area (Å²) in [4.78, 5) is 20.2. The summed E-state index contributed by atoms with van der Waals surface area (Å²) in [6, 6.07) is 7.74. The van der Waals surface area contributed by atoms with Gasteiger partial charge in [-0.3, -0.25) is 9.69 Å². The second kappa shape index (κ2) is 10.3. The SMILES string of the molecule is CCNC(=NCc1ccc(Cl)cc1)NCCN1CCN(C(C)=O)CC1. The van der Waals surface area contributed by atoms with E-state index in [1.165, 1.54) is 0 Å². The number of rotatable bonds is 6. The monoisotopic (exact) mass is 365 g/mol. The molecule has 1 amide bonds. The van der Waals surface area contributed by atoms with E-state index in [-0.39, 0.29) is 5.91 Å². The molecule has 0 saturated carbocycles. The highest BCUT2D eigenvalue weighted by Gasteiger charge is 2.17. The fraction of sp³-hybridized carbons (Fsp3) is 0.556. The normalized spacial score (nSPS) is 16.0. The number of hydrogen-bond donors (Lipinski definition) is 2. The summed E-state index contributed by atoms with van der Waals surface area (Å²) < 4.78 is 0. The van der Waals surface area contributed by atoms with Gasteiger partial charge in [-0.25, -0.2) is 4.99 Å². The Hall–Kier alpha value is -1.79. The molecule has 0 radical (unpaired) electrons. The average molecular weight is 366 g/mol.